The summed E-state index contributed by atoms with van der Waals surface area (Å²) in [6.45, 7) is 2.42. The van der Waals surface area contributed by atoms with Crippen molar-refractivity contribution < 1.29 is 9.32 Å². The van der Waals surface area contributed by atoms with Gasteiger partial charge in [0.2, 0.25) is 5.76 Å². The number of amides is 1. The van der Waals surface area contributed by atoms with E-state index < -0.39 is 0 Å². The highest BCUT2D eigenvalue weighted by molar-refractivity contribution is 5.91. The molecule has 1 atom stereocenters. The van der Waals surface area contributed by atoms with Gasteiger partial charge in [-0.25, -0.2) is 4.98 Å². The predicted octanol–water partition coefficient (Wildman–Crippen LogP) is 2.82. The predicted molar refractivity (Wildman–Crippen MR) is 84.8 cm³/mol. The van der Waals surface area contributed by atoms with Gasteiger partial charge in [-0.3, -0.25) is 4.79 Å². The van der Waals surface area contributed by atoms with Crippen molar-refractivity contribution in [3.63, 3.8) is 0 Å². The lowest BCUT2D eigenvalue weighted by Crippen LogP contribution is -2.26. The standard InChI is InChI=1S/C17H18N4O2/c1-12(13-6-4-3-5-7-13)14-10-15(23-20-14)17(22)21(2)11-16-18-8-9-19-16/h3-10,12H,11H2,1-2H3,(H,18,19). The number of nitrogens with zero attached hydrogens (tertiary/aromatic N) is 3. The lowest BCUT2D eigenvalue weighted by Gasteiger charge is -2.13. The molecule has 0 aliphatic rings. The van der Waals surface area contributed by atoms with Gasteiger partial charge in [-0.05, 0) is 5.56 Å². The summed E-state index contributed by atoms with van der Waals surface area (Å²) < 4.78 is 5.24. The number of carbonyl (C=O) groups is 1. The number of hydrogen-bond donors (Lipinski definition) is 1. The van der Waals surface area contributed by atoms with E-state index in [1.54, 1.807) is 25.5 Å². The van der Waals surface area contributed by atoms with E-state index in [1.807, 2.05) is 37.3 Å². The summed E-state index contributed by atoms with van der Waals surface area (Å²) in [7, 11) is 1.70. The topological polar surface area (TPSA) is 75.0 Å². The molecule has 6 nitrogen and oxygen atoms in total. The van der Waals surface area contributed by atoms with Gasteiger partial charge in [0, 0.05) is 31.4 Å². The zero-order valence-corrected chi connectivity index (χ0v) is 13.1. The van der Waals surface area contributed by atoms with E-state index in [-0.39, 0.29) is 17.6 Å². The Kier molecular flexibility index (Phi) is 4.23. The first-order valence-electron chi connectivity index (χ1n) is 7.40. The normalized spacial score (nSPS) is 12.1. The van der Waals surface area contributed by atoms with Crippen LogP contribution < -0.4 is 0 Å². The van der Waals surface area contributed by atoms with Crippen LogP contribution in [0.2, 0.25) is 0 Å². The van der Waals surface area contributed by atoms with Gasteiger partial charge < -0.3 is 14.4 Å². The van der Waals surface area contributed by atoms with Gasteiger partial charge in [0.05, 0.1) is 12.2 Å². The highest BCUT2D eigenvalue weighted by Crippen LogP contribution is 2.23. The number of H-pyrrole nitrogens is 1. The third-order valence-electron chi connectivity index (χ3n) is 3.77. The molecule has 0 saturated heterocycles. The van der Waals surface area contributed by atoms with Gasteiger partial charge in [-0.2, -0.15) is 0 Å². The molecule has 1 unspecified atom stereocenters. The molecule has 0 spiro atoms. The number of hydrogen-bond acceptors (Lipinski definition) is 4. The zero-order chi connectivity index (χ0) is 16.2. The van der Waals surface area contributed by atoms with Crippen molar-refractivity contribution in [3.8, 4) is 0 Å². The minimum absolute atomic E-state index is 0.0666. The smallest absolute Gasteiger partial charge is 0.292 e. The molecule has 23 heavy (non-hydrogen) atoms. The molecule has 0 radical (unpaired) electrons. The molecule has 118 valence electrons. The molecule has 1 aromatic carbocycles. The molecule has 0 fully saturated rings. The van der Waals surface area contributed by atoms with E-state index in [4.69, 9.17) is 4.52 Å². The van der Waals surface area contributed by atoms with Gasteiger partial charge in [0.25, 0.3) is 5.91 Å². The van der Waals surface area contributed by atoms with Crippen molar-refractivity contribution in [1.29, 1.82) is 0 Å². The SMILES string of the molecule is CC(c1ccccc1)c1cc(C(=O)N(C)Cc2ncc[nH]2)on1. The zero-order valence-electron chi connectivity index (χ0n) is 13.1. The Balaban J connectivity index is 1.72. The molecule has 2 heterocycles. The first kappa shape index (κ1) is 15.0. The quantitative estimate of drug-likeness (QED) is 0.786. The average Bonchev–Trinajstić information content (AvgIpc) is 3.26. The van der Waals surface area contributed by atoms with Gasteiger partial charge in [0.15, 0.2) is 0 Å². The summed E-state index contributed by atoms with van der Waals surface area (Å²) in [4.78, 5) is 21.0. The Morgan fingerprint density at radius 2 is 2.13 bits per heavy atom. The number of aromatic amines is 1. The average molecular weight is 310 g/mol. The second kappa shape index (κ2) is 6.48. The van der Waals surface area contributed by atoms with Gasteiger partial charge >= 0.3 is 0 Å². The molecule has 3 rings (SSSR count). The van der Waals surface area contributed by atoms with E-state index in [2.05, 4.69) is 15.1 Å². The maximum absolute atomic E-state index is 12.4. The van der Waals surface area contributed by atoms with E-state index >= 15 is 0 Å². The Bertz CT molecular complexity index is 765. The Morgan fingerprint density at radius 1 is 1.35 bits per heavy atom. The number of benzene rings is 1. The van der Waals surface area contributed by atoms with Crippen LogP contribution in [0.3, 0.4) is 0 Å². The Hall–Kier alpha value is -2.89. The van der Waals surface area contributed by atoms with Crippen LogP contribution in [0.4, 0.5) is 0 Å². The molecule has 0 saturated carbocycles. The van der Waals surface area contributed by atoms with Crippen LogP contribution in [0.5, 0.6) is 0 Å². The summed E-state index contributed by atoms with van der Waals surface area (Å²) in [6.07, 6.45) is 3.38. The van der Waals surface area contributed by atoms with E-state index in [0.29, 0.717) is 6.54 Å². The number of carbonyl (C=O) groups excluding carboxylic acids is 1. The number of nitrogens with one attached hydrogen (secondary N) is 1. The van der Waals surface area contributed by atoms with Crippen molar-refractivity contribution in [3.05, 3.63) is 71.6 Å². The fourth-order valence-electron chi connectivity index (χ4n) is 2.38. The van der Waals surface area contributed by atoms with Crippen molar-refractivity contribution in [2.24, 2.45) is 0 Å². The molecule has 1 amide bonds. The molecule has 0 bridgehead atoms. The second-order valence-corrected chi connectivity index (χ2v) is 5.45. The summed E-state index contributed by atoms with van der Waals surface area (Å²) in [6, 6.07) is 11.7. The van der Waals surface area contributed by atoms with Crippen LogP contribution in [0.1, 0.15) is 40.5 Å². The third-order valence-corrected chi connectivity index (χ3v) is 3.77. The van der Waals surface area contributed by atoms with Gasteiger partial charge in [-0.15, -0.1) is 0 Å². The van der Waals surface area contributed by atoms with Crippen LogP contribution in [0.25, 0.3) is 0 Å². The molecule has 2 aromatic heterocycles. The van der Waals surface area contributed by atoms with Crippen molar-refractivity contribution in [1.82, 2.24) is 20.0 Å². The van der Waals surface area contributed by atoms with Crippen LogP contribution >= 0.6 is 0 Å². The largest absolute Gasteiger partial charge is 0.351 e. The molecular weight excluding hydrogens is 292 g/mol. The van der Waals surface area contributed by atoms with Crippen molar-refractivity contribution >= 4 is 5.91 Å². The van der Waals surface area contributed by atoms with Crippen molar-refractivity contribution in [2.75, 3.05) is 7.05 Å². The molecule has 6 heteroatoms. The molecule has 3 aromatic rings. The Labute approximate surface area is 134 Å². The van der Waals surface area contributed by atoms with Crippen LogP contribution in [-0.4, -0.2) is 33.0 Å². The lowest BCUT2D eigenvalue weighted by molar-refractivity contribution is 0.0740. The third kappa shape index (κ3) is 3.31. The lowest BCUT2D eigenvalue weighted by atomic mass is 9.98. The van der Waals surface area contributed by atoms with Crippen LogP contribution in [-0.2, 0) is 6.54 Å². The van der Waals surface area contributed by atoms with Gasteiger partial charge in [0.1, 0.15) is 5.82 Å². The fourth-order valence-corrected chi connectivity index (χ4v) is 2.38. The number of aromatic nitrogens is 3. The molecule has 1 N–H and O–H groups in total. The maximum atomic E-state index is 12.4. The monoisotopic (exact) mass is 310 g/mol. The van der Waals surface area contributed by atoms with E-state index in [9.17, 15) is 4.79 Å². The van der Waals surface area contributed by atoms with Gasteiger partial charge in [-0.1, -0.05) is 42.4 Å². The fraction of sp³-hybridized carbons (Fsp3) is 0.235. The highest BCUT2D eigenvalue weighted by Gasteiger charge is 2.21. The summed E-state index contributed by atoms with van der Waals surface area (Å²) in [5, 5.41) is 4.05. The summed E-state index contributed by atoms with van der Waals surface area (Å²) >= 11 is 0. The summed E-state index contributed by atoms with van der Waals surface area (Å²) in [5.41, 5.74) is 1.87. The van der Waals surface area contributed by atoms with E-state index in [0.717, 1.165) is 17.1 Å². The van der Waals surface area contributed by atoms with Crippen LogP contribution in [0.15, 0.2) is 53.3 Å². The second-order valence-electron chi connectivity index (χ2n) is 5.45. The van der Waals surface area contributed by atoms with E-state index in [1.165, 1.54) is 4.90 Å². The molecule has 0 aliphatic heterocycles. The number of rotatable bonds is 5. The highest BCUT2D eigenvalue weighted by atomic mass is 16.5. The first-order valence-corrected chi connectivity index (χ1v) is 7.40. The van der Waals surface area contributed by atoms with Crippen molar-refractivity contribution in [2.45, 2.75) is 19.4 Å². The molecular formula is C17H18N4O2. The van der Waals surface area contributed by atoms with Crippen LogP contribution in [0, 0.1) is 0 Å². The Morgan fingerprint density at radius 3 is 2.83 bits per heavy atom. The minimum Gasteiger partial charge on any atom is -0.351 e. The minimum atomic E-state index is -0.222. The summed E-state index contributed by atoms with van der Waals surface area (Å²) in [5.74, 6) is 0.798. The molecule has 0 aliphatic carbocycles. The number of imidazole rings is 1. The maximum Gasteiger partial charge on any atom is 0.292 e. The first-order chi connectivity index (χ1) is 11.1.